The average molecular weight is 308 g/mol. The molecule has 0 aromatic heterocycles. The molecule has 2 aromatic carbocycles. The molecule has 1 aliphatic rings. The first-order valence-corrected chi connectivity index (χ1v) is 7.17. The van der Waals surface area contributed by atoms with Gasteiger partial charge in [-0.25, -0.2) is 4.39 Å². The summed E-state index contributed by atoms with van der Waals surface area (Å²) in [6, 6.07) is 8.54. The lowest BCUT2D eigenvalue weighted by Gasteiger charge is -2.12. The molecule has 0 spiro atoms. The minimum absolute atomic E-state index is 0.0307. The van der Waals surface area contributed by atoms with Crippen molar-refractivity contribution < 1.29 is 13.9 Å². The minimum Gasteiger partial charge on any atom is -0.493 e. The van der Waals surface area contributed by atoms with Crippen LogP contribution in [0.15, 0.2) is 30.3 Å². The second-order valence-electron chi connectivity index (χ2n) is 4.88. The second kappa shape index (κ2) is 5.92. The van der Waals surface area contributed by atoms with E-state index in [9.17, 15) is 4.39 Å². The fraction of sp³-hybridized carbons (Fsp3) is 0.250. The molecule has 1 heterocycles. The standard InChI is InChI=1S/C16H15ClFNO2/c17-13-9-16(11(3-5-19)7-14(13)18)21-12-2-1-10-4-6-20-15(10)8-12/h1-2,7-9H,3-6,19H2. The van der Waals surface area contributed by atoms with E-state index in [1.165, 1.54) is 17.7 Å². The summed E-state index contributed by atoms with van der Waals surface area (Å²) < 4.78 is 24.9. The zero-order chi connectivity index (χ0) is 14.8. The summed E-state index contributed by atoms with van der Waals surface area (Å²) in [6.45, 7) is 1.10. The Morgan fingerprint density at radius 2 is 2.14 bits per heavy atom. The largest absolute Gasteiger partial charge is 0.493 e. The molecule has 3 nitrogen and oxygen atoms in total. The number of halogens is 2. The summed E-state index contributed by atoms with van der Waals surface area (Å²) >= 11 is 5.84. The Hall–Kier alpha value is -1.78. The quantitative estimate of drug-likeness (QED) is 0.936. The number of hydrogen-bond acceptors (Lipinski definition) is 3. The SMILES string of the molecule is NCCc1cc(F)c(Cl)cc1Oc1ccc2c(c1)OCC2. The maximum atomic E-state index is 13.6. The molecule has 0 amide bonds. The molecule has 0 aliphatic carbocycles. The summed E-state index contributed by atoms with van der Waals surface area (Å²) in [4.78, 5) is 0. The van der Waals surface area contributed by atoms with Crippen molar-refractivity contribution in [2.45, 2.75) is 12.8 Å². The van der Waals surface area contributed by atoms with Gasteiger partial charge in [0.05, 0.1) is 11.6 Å². The third-order valence-electron chi connectivity index (χ3n) is 3.41. The molecule has 0 fully saturated rings. The molecule has 0 bridgehead atoms. The van der Waals surface area contributed by atoms with Crippen LogP contribution in [0.5, 0.6) is 17.2 Å². The van der Waals surface area contributed by atoms with E-state index < -0.39 is 5.82 Å². The Bertz CT molecular complexity index is 676. The van der Waals surface area contributed by atoms with E-state index in [1.807, 2.05) is 18.2 Å². The Kier molecular flexibility index (Phi) is 3.99. The van der Waals surface area contributed by atoms with Gasteiger partial charge in [-0.3, -0.25) is 0 Å². The highest BCUT2D eigenvalue weighted by Gasteiger charge is 2.15. The summed E-state index contributed by atoms with van der Waals surface area (Å²) in [5.41, 5.74) is 7.42. The zero-order valence-corrected chi connectivity index (χ0v) is 12.1. The minimum atomic E-state index is -0.468. The molecule has 2 N–H and O–H groups in total. The molecule has 21 heavy (non-hydrogen) atoms. The zero-order valence-electron chi connectivity index (χ0n) is 11.4. The molecule has 5 heteroatoms. The average Bonchev–Trinajstić information content (AvgIpc) is 2.92. The normalized spacial score (nSPS) is 12.9. The van der Waals surface area contributed by atoms with Crippen LogP contribution in [0.1, 0.15) is 11.1 Å². The van der Waals surface area contributed by atoms with Crippen LogP contribution in [-0.2, 0) is 12.8 Å². The predicted octanol–water partition coefficient (Wildman–Crippen LogP) is 3.71. The maximum absolute atomic E-state index is 13.6. The van der Waals surface area contributed by atoms with Crippen LogP contribution in [0.2, 0.25) is 5.02 Å². The molecule has 0 unspecified atom stereocenters. The van der Waals surface area contributed by atoms with E-state index in [4.69, 9.17) is 26.8 Å². The fourth-order valence-electron chi connectivity index (χ4n) is 2.35. The molecular weight excluding hydrogens is 293 g/mol. The highest BCUT2D eigenvalue weighted by molar-refractivity contribution is 6.30. The van der Waals surface area contributed by atoms with Gasteiger partial charge in [-0.1, -0.05) is 17.7 Å². The molecular formula is C16H15ClFNO2. The van der Waals surface area contributed by atoms with Crippen molar-refractivity contribution in [2.75, 3.05) is 13.2 Å². The van der Waals surface area contributed by atoms with Gasteiger partial charge in [-0.2, -0.15) is 0 Å². The number of rotatable bonds is 4. The topological polar surface area (TPSA) is 44.5 Å². The molecule has 110 valence electrons. The van der Waals surface area contributed by atoms with Crippen molar-refractivity contribution in [3.8, 4) is 17.2 Å². The highest BCUT2D eigenvalue weighted by Crippen LogP contribution is 2.34. The van der Waals surface area contributed by atoms with Gasteiger partial charge in [0.2, 0.25) is 0 Å². The van der Waals surface area contributed by atoms with Gasteiger partial charge in [0.1, 0.15) is 23.1 Å². The molecule has 0 radical (unpaired) electrons. The van der Waals surface area contributed by atoms with E-state index >= 15 is 0 Å². The van der Waals surface area contributed by atoms with Crippen LogP contribution in [0.25, 0.3) is 0 Å². The van der Waals surface area contributed by atoms with Gasteiger partial charge in [0.15, 0.2) is 0 Å². The fourth-order valence-corrected chi connectivity index (χ4v) is 2.51. The molecule has 1 aliphatic heterocycles. The van der Waals surface area contributed by atoms with Gasteiger partial charge in [-0.15, -0.1) is 0 Å². The van der Waals surface area contributed by atoms with Crippen molar-refractivity contribution in [1.29, 1.82) is 0 Å². The lowest BCUT2D eigenvalue weighted by Crippen LogP contribution is -2.04. The van der Waals surface area contributed by atoms with Gasteiger partial charge >= 0.3 is 0 Å². The monoisotopic (exact) mass is 307 g/mol. The lowest BCUT2D eigenvalue weighted by molar-refractivity contribution is 0.355. The Morgan fingerprint density at radius 3 is 2.95 bits per heavy atom. The van der Waals surface area contributed by atoms with Crippen molar-refractivity contribution in [1.82, 2.24) is 0 Å². The number of ether oxygens (including phenoxy) is 2. The third-order valence-corrected chi connectivity index (χ3v) is 3.70. The predicted molar refractivity (Wildman–Crippen MR) is 79.9 cm³/mol. The summed E-state index contributed by atoms with van der Waals surface area (Å²) in [6.07, 6.45) is 1.43. The van der Waals surface area contributed by atoms with Crippen molar-refractivity contribution in [2.24, 2.45) is 5.73 Å². The summed E-state index contributed by atoms with van der Waals surface area (Å²) in [5, 5.41) is 0.0307. The Balaban J connectivity index is 1.91. The number of hydrogen-bond donors (Lipinski definition) is 1. The Labute approximate surface area is 127 Å². The van der Waals surface area contributed by atoms with E-state index in [-0.39, 0.29) is 5.02 Å². The molecule has 0 atom stereocenters. The number of benzene rings is 2. The van der Waals surface area contributed by atoms with Gasteiger partial charge in [0.25, 0.3) is 0 Å². The molecule has 3 rings (SSSR count). The highest BCUT2D eigenvalue weighted by atomic mass is 35.5. The first kappa shape index (κ1) is 14.2. The number of nitrogens with two attached hydrogens (primary N) is 1. The Morgan fingerprint density at radius 1 is 1.29 bits per heavy atom. The van der Waals surface area contributed by atoms with E-state index in [1.54, 1.807) is 0 Å². The van der Waals surface area contributed by atoms with Crippen LogP contribution in [0.3, 0.4) is 0 Å². The smallest absolute Gasteiger partial charge is 0.142 e. The first-order valence-electron chi connectivity index (χ1n) is 6.79. The first-order chi connectivity index (χ1) is 10.2. The van der Waals surface area contributed by atoms with Gasteiger partial charge in [0, 0.05) is 18.6 Å². The molecule has 0 saturated carbocycles. The summed E-state index contributed by atoms with van der Waals surface area (Å²) in [7, 11) is 0. The van der Waals surface area contributed by atoms with Gasteiger partial charge < -0.3 is 15.2 Å². The number of fused-ring (bicyclic) bond motifs is 1. The van der Waals surface area contributed by atoms with Crippen molar-refractivity contribution in [3.05, 3.63) is 52.3 Å². The van der Waals surface area contributed by atoms with Crippen LogP contribution in [-0.4, -0.2) is 13.2 Å². The molecule has 0 saturated heterocycles. The summed E-state index contributed by atoms with van der Waals surface area (Å²) in [5.74, 6) is 1.52. The van der Waals surface area contributed by atoms with Crippen LogP contribution >= 0.6 is 11.6 Å². The maximum Gasteiger partial charge on any atom is 0.142 e. The van der Waals surface area contributed by atoms with E-state index in [2.05, 4.69) is 0 Å². The van der Waals surface area contributed by atoms with Crippen molar-refractivity contribution >= 4 is 11.6 Å². The van der Waals surface area contributed by atoms with Crippen LogP contribution in [0.4, 0.5) is 4.39 Å². The van der Waals surface area contributed by atoms with E-state index in [0.717, 1.165) is 12.2 Å². The van der Waals surface area contributed by atoms with Gasteiger partial charge in [-0.05, 0) is 36.2 Å². The van der Waals surface area contributed by atoms with Crippen LogP contribution in [0, 0.1) is 5.82 Å². The van der Waals surface area contributed by atoms with Crippen LogP contribution < -0.4 is 15.2 Å². The third kappa shape index (κ3) is 2.96. The van der Waals surface area contributed by atoms with Crippen molar-refractivity contribution in [3.63, 3.8) is 0 Å². The second-order valence-corrected chi connectivity index (χ2v) is 5.29. The molecule has 2 aromatic rings. The van der Waals surface area contributed by atoms with E-state index in [0.29, 0.717) is 36.6 Å². The lowest BCUT2D eigenvalue weighted by atomic mass is 10.1.